The van der Waals surface area contributed by atoms with Crippen LogP contribution in [0.1, 0.15) is 0 Å². The van der Waals surface area contributed by atoms with Gasteiger partial charge >= 0.3 is 0 Å². The molecule has 0 spiro atoms. The first-order valence-corrected chi connectivity index (χ1v) is 21.2. The molecule has 0 aliphatic rings. The van der Waals surface area contributed by atoms with Crippen LogP contribution in [0.5, 0.6) is 0 Å². The standard InChI is InChI=1S/C57H35N5O/c1-5-17-36(18-6-1)55-58-56(37-19-7-2-8-20-37)60-57(59-55)38-31-34-50-48(35-38)44-32-33-47-46-29-16-28-45(53(46)63-54(47)52(44)62(50)40-23-11-4-12-24-40)43-27-15-26-42-41-25-13-14-30-49(41)61(51(42)43)39-21-9-3-10-22-39/h1-35H. The molecule has 0 amide bonds. The van der Waals surface area contributed by atoms with Crippen molar-refractivity contribution in [2.45, 2.75) is 0 Å². The molecule has 0 bridgehead atoms. The Bertz CT molecular complexity index is 3830. The Morgan fingerprint density at radius 1 is 0.302 bits per heavy atom. The number of furan rings is 1. The highest BCUT2D eigenvalue weighted by molar-refractivity contribution is 6.24. The molecule has 0 N–H and O–H groups in total. The van der Waals surface area contributed by atoms with Gasteiger partial charge in [-0.2, -0.15) is 0 Å². The summed E-state index contributed by atoms with van der Waals surface area (Å²) in [5.74, 6) is 1.87. The lowest BCUT2D eigenvalue weighted by molar-refractivity contribution is 0.672. The molecular weight excluding hydrogens is 771 g/mol. The maximum absolute atomic E-state index is 7.29. The highest BCUT2D eigenvalue weighted by Crippen LogP contribution is 2.45. The normalized spacial score (nSPS) is 11.8. The monoisotopic (exact) mass is 805 g/mol. The molecule has 6 nitrogen and oxygen atoms in total. The molecule has 294 valence electrons. The van der Waals surface area contributed by atoms with Crippen LogP contribution in [0.4, 0.5) is 0 Å². The largest absolute Gasteiger partial charge is 0.453 e. The van der Waals surface area contributed by atoms with Crippen molar-refractivity contribution >= 4 is 65.6 Å². The molecule has 0 atom stereocenters. The molecule has 6 heteroatoms. The third-order valence-electron chi connectivity index (χ3n) is 12.4. The molecular formula is C57H35N5O. The Hall–Kier alpha value is -8.61. The Morgan fingerprint density at radius 3 is 1.44 bits per heavy atom. The van der Waals surface area contributed by atoms with Gasteiger partial charge in [0.15, 0.2) is 23.1 Å². The van der Waals surface area contributed by atoms with E-state index in [4.69, 9.17) is 19.4 Å². The molecule has 13 rings (SSSR count). The third-order valence-corrected chi connectivity index (χ3v) is 12.4. The van der Waals surface area contributed by atoms with E-state index >= 15 is 0 Å². The summed E-state index contributed by atoms with van der Waals surface area (Å²) in [6, 6.07) is 74.3. The zero-order valence-corrected chi connectivity index (χ0v) is 33.9. The average Bonchev–Trinajstić information content (AvgIpc) is 4.03. The number of aromatic nitrogens is 5. The van der Waals surface area contributed by atoms with E-state index in [1.807, 2.05) is 60.7 Å². The summed E-state index contributed by atoms with van der Waals surface area (Å²) in [5.41, 5.74) is 13.2. The predicted octanol–water partition coefficient (Wildman–Crippen LogP) is 14.6. The van der Waals surface area contributed by atoms with Crippen molar-refractivity contribution in [2.75, 3.05) is 0 Å². The summed E-state index contributed by atoms with van der Waals surface area (Å²) < 4.78 is 12.0. The van der Waals surface area contributed by atoms with Crippen LogP contribution in [0.15, 0.2) is 217 Å². The minimum atomic E-state index is 0.613. The van der Waals surface area contributed by atoms with Crippen LogP contribution >= 0.6 is 0 Å². The Kier molecular flexibility index (Phi) is 7.80. The number of para-hydroxylation sites is 5. The number of nitrogens with zero attached hydrogens (tertiary/aromatic N) is 5. The van der Waals surface area contributed by atoms with Crippen molar-refractivity contribution < 1.29 is 4.42 Å². The molecule has 0 fully saturated rings. The van der Waals surface area contributed by atoms with Gasteiger partial charge in [0.2, 0.25) is 0 Å². The fourth-order valence-corrected chi connectivity index (χ4v) is 9.57. The maximum Gasteiger partial charge on any atom is 0.164 e. The van der Waals surface area contributed by atoms with Crippen molar-refractivity contribution in [2.24, 2.45) is 0 Å². The molecule has 0 radical (unpaired) electrons. The average molecular weight is 806 g/mol. The third kappa shape index (κ3) is 5.48. The van der Waals surface area contributed by atoms with E-state index in [1.165, 1.54) is 16.3 Å². The van der Waals surface area contributed by atoms with Crippen molar-refractivity contribution in [3.8, 4) is 56.7 Å². The Labute approximate surface area is 361 Å². The minimum Gasteiger partial charge on any atom is -0.453 e. The molecule has 0 unspecified atom stereocenters. The van der Waals surface area contributed by atoms with E-state index in [2.05, 4.69) is 161 Å². The summed E-state index contributed by atoms with van der Waals surface area (Å²) in [6.45, 7) is 0. The highest BCUT2D eigenvalue weighted by atomic mass is 16.3. The van der Waals surface area contributed by atoms with Gasteiger partial charge in [-0.15, -0.1) is 0 Å². The van der Waals surface area contributed by atoms with Crippen LogP contribution < -0.4 is 0 Å². The van der Waals surface area contributed by atoms with Gasteiger partial charge in [-0.05, 0) is 54.6 Å². The van der Waals surface area contributed by atoms with Gasteiger partial charge in [0.25, 0.3) is 0 Å². The lowest BCUT2D eigenvalue weighted by atomic mass is 9.99. The number of fused-ring (bicyclic) bond motifs is 10. The lowest BCUT2D eigenvalue weighted by Crippen LogP contribution is -2.00. The topological polar surface area (TPSA) is 61.7 Å². The first-order valence-electron chi connectivity index (χ1n) is 21.2. The second kappa shape index (κ2) is 14.0. The van der Waals surface area contributed by atoms with Crippen LogP contribution in [0.3, 0.4) is 0 Å². The molecule has 9 aromatic carbocycles. The van der Waals surface area contributed by atoms with Crippen molar-refractivity contribution in [1.29, 1.82) is 0 Å². The summed E-state index contributed by atoms with van der Waals surface area (Å²) in [6.07, 6.45) is 0. The molecule has 63 heavy (non-hydrogen) atoms. The van der Waals surface area contributed by atoms with Crippen molar-refractivity contribution in [1.82, 2.24) is 24.1 Å². The fraction of sp³-hybridized carbons (Fsp3) is 0. The summed E-state index contributed by atoms with van der Waals surface area (Å²) in [4.78, 5) is 15.1. The Balaban J connectivity index is 1.07. The van der Waals surface area contributed by atoms with Gasteiger partial charge in [0, 0.05) is 71.5 Å². The molecule has 0 saturated carbocycles. The van der Waals surface area contributed by atoms with E-state index in [0.29, 0.717) is 17.5 Å². The minimum absolute atomic E-state index is 0.613. The van der Waals surface area contributed by atoms with Crippen LogP contribution in [-0.2, 0) is 0 Å². The van der Waals surface area contributed by atoms with Gasteiger partial charge in [-0.1, -0.05) is 158 Å². The van der Waals surface area contributed by atoms with E-state index in [1.54, 1.807) is 0 Å². The van der Waals surface area contributed by atoms with Crippen LogP contribution in [0.25, 0.3) is 122 Å². The number of hydrogen-bond acceptors (Lipinski definition) is 4. The van der Waals surface area contributed by atoms with E-state index < -0.39 is 0 Å². The van der Waals surface area contributed by atoms with Gasteiger partial charge < -0.3 is 13.6 Å². The second-order valence-corrected chi connectivity index (χ2v) is 16.0. The van der Waals surface area contributed by atoms with Crippen LogP contribution in [-0.4, -0.2) is 24.1 Å². The molecule has 4 aromatic heterocycles. The van der Waals surface area contributed by atoms with E-state index in [9.17, 15) is 0 Å². The summed E-state index contributed by atoms with van der Waals surface area (Å²) in [5, 5.41) is 6.71. The van der Waals surface area contributed by atoms with E-state index in [0.717, 1.165) is 88.5 Å². The molecule has 0 saturated heterocycles. The first-order chi connectivity index (χ1) is 31.3. The zero-order valence-electron chi connectivity index (χ0n) is 33.9. The smallest absolute Gasteiger partial charge is 0.164 e. The first kappa shape index (κ1) is 35.2. The van der Waals surface area contributed by atoms with Crippen molar-refractivity contribution in [3.05, 3.63) is 212 Å². The molecule has 0 aliphatic heterocycles. The maximum atomic E-state index is 7.29. The van der Waals surface area contributed by atoms with Gasteiger partial charge in [-0.25, -0.2) is 15.0 Å². The molecule has 4 heterocycles. The number of rotatable bonds is 6. The number of benzene rings is 9. The van der Waals surface area contributed by atoms with Crippen LogP contribution in [0.2, 0.25) is 0 Å². The predicted molar refractivity (Wildman–Crippen MR) is 258 cm³/mol. The van der Waals surface area contributed by atoms with Crippen molar-refractivity contribution in [3.63, 3.8) is 0 Å². The van der Waals surface area contributed by atoms with Gasteiger partial charge in [-0.3, -0.25) is 0 Å². The molecule has 0 aliphatic carbocycles. The quantitative estimate of drug-likeness (QED) is 0.168. The van der Waals surface area contributed by atoms with Gasteiger partial charge in [0.1, 0.15) is 5.58 Å². The van der Waals surface area contributed by atoms with Crippen LogP contribution in [0, 0.1) is 0 Å². The highest BCUT2D eigenvalue weighted by Gasteiger charge is 2.24. The second-order valence-electron chi connectivity index (χ2n) is 16.0. The SMILES string of the molecule is c1ccc(-c2nc(-c3ccccc3)nc(-c3ccc4c(c3)c3ccc5c6cccc(-c7cccc8c9ccccc9n(-c9ccccc9)c78)c6oc5c3n4-c3ccccc3)n2)cc1. The number of hydrogen-bond donors (Lipinski definition) is 0. The summed E-state index contributed by atoms with van der Waals surface area (Å²) in [7, 11) is 0. The van der Waals surface area contributed by atoms with E-state index in [-0.39, 0.29) is 0 Å². The fourth-order valence-electron chi connectivity index (χ4n) is 9.57. The lowest BCUT2D eigenvalue weighted by Gasteiger charge is -2.12. The Morgan fingerprint density at radius 2 is 0.778 bits per heavy atom. The zero-order chi connectivity index (χ0) is 41.4. The summed E-state index contributed by atoms with van der Waals surface area (Å²) >= 11 is 0. The molecule has 13 aromatic rings. The van der Waals surface area contributed by atoms with Gasteiger partial charge in [0.05, 0.1) is 22.1 Å².